The molecule has 90 valence electrons. The van der Waals surface area contributed by atoms with E-state index in [1.165, 1.54) is 5.56 Å². The van der Waals surface area contributed by atoms with Crippen molar-refractivity contribution in [1.82, 2.24) is 19.9 Å². The average Bonchev–Trinajstić information content (AvgIpc) is 2.81. The fourth-order valence-electron chi connectivity index (χ4n) is 2.04. The molecular weight excluding hydrogens is 212 g/mol. The SMILES string of the molecule is CCn1ccnc1C(NC)c1ncccc1C. The number of rotatable bonds is 4. The molecule has 1 N–H and O–H groups in total. The van der Waals surface area contributed by atoms with E-state index in [-0.39, 0.29) is 6.04 Å². The summed E-state index contributed by atoms with van der Waals surface area (Å²) in [5, 5.41) is 3.29. The van der Waals surface area contributed by atoms with Crippen molar-refractivity contribution in [3.8, 4) is 0 Å². The van der Waals surface area contributed by atoms with Crippen molar-refractivity contribution in [3.63, 3.8) is 0 Å². The predicted molar refractivity (Wildman–Crippen MR) is 67.8 cm³/mol. The van der Waals surface area contributed by atoms with Crippen LogP contribution < -0.4 is 5.32 Å². The van der Waals surface area contributed by atoms with Gasteiger partial charge in [0.2, 0.25) is 0 Å². The van der Waals surface area contributed by atoms with Crippen LogP contribution in [0.1, 0.15) is 30.0 Å². The molecule has 1 atom stereocenters. The maximum atomic E-state index is 4.46. The summed E-state index contributed by atoms with van der Waals surface area (Å²) in [5.74, 6) is 1.01. The molecule has 0 aromatic carbocycles. The van der Waals surface area contributed by atoms with E-state index in [0.29, 0.717) is 0 Å². The second-order valence-electron chi connectivity index (χ2n) is 4.00. The zero-order chi connectivity index (χ0) is 12.3. The summed E-state index contributed by atoms with van der Waals surface area (Å²) in [4.78, 5) is 8.90. The Hall–Kier alpha value is -1.68. The van der Waals surface area contributed by atoms with Crippen LogP contribution in [0.25, 0.3) is 0 Å². The van der Waals surface area contributed by atoms with E-state index in [9.17, 15) is 0 Å². The highest BCUT2D eigenvalue weighted by Gasteiger charge is 2.19. The maximum Gasteiger partial charge on any atom is 0.132 e. The van der Waals surface area contributed by atoms with Gasteiger partial charge in [-0.1, -0.05) is 6.07 Å². The standard InChI is InChI=1S/C13H18N4/c1-4-17-9-8-16-13(17)12(14-3)11-10(2)6-5-7-15-11/h5-9,12,14H,4H2,1-3H3. The molecule has 0 bridgehead atoms. The van der Waals surface area contributed by atoms with Crippen molar-refractivity contribution in [2.24, 2.45) is 0 Å². The topological polar surface area (TPSA) is 42.7 Å². The van der Waals surface area contributed by atoms with E-state index in [1.807, 2.05) is 31.7 Å². The average molecular weight is 230 g/mol. The van der Waals surface area contributed by atoms with Crippen LogP contribution in [0.2, 0.25) is 0 Å². The second-order valence-corrected chi connectivity index (χ2v) is 4.00. The van der Waals surface area contributed by atoms with Crippen LogP contribution in [0, 0.1) is 6.92 Å². The summed E-state index contributed by atoms with van der Waals surface area (Å²) in [6.07, 6.45) is 5.66. The minimum atomic E-state index is 0.0474. The van der Waals surface area contributed by atoms with E-state index in [2.05, 4.69) is 39.8 Å². The lowest BCUT2D eigenvalue weighted by Crippen LogP contribution is -2.23. The molecule has 0 amide bonds. The Kier molecular flexibility index (Phi) is 3.54. The van der Waals surface area contributed by atoms with Crippen LogP contribution in [-0.2, 0) is 6.54 Å². The third kappa shape index (κ3) is 2.22. The van der Waals surface area contributed by atoms with E-state index >= 15 is 0 Å². The van der Waals surface area contributed by atoms with Crippen LogP contribution in [0.4, 0.5) is 0 Å². The monoisotopic (exact) mass is 230 g/mol. The van der Waals surface area contributed by atoms with Gasteiger partial charge in [0.05, 0.1) is 5.69 Å². The lowest BCUT2D eigenvalue weighted by Gasteiger charge is -2.18. The van der Waals surface area contributed by atoms with Crippen molar-refractivity contribution in [3.05, 3.63) is 47.8 Å². The lowest BCUT2D eigenvalue weighted by atomic mass is 10.1. The first-order chi connectivity index (χ1) is 8.27. The van der Waals surface area contributed by atoms with Crippen LogP contribution in [0.15, 0.2) is 30.7 Å². The molecule has 0 fully saturated rings. The molecule has 1 unspecified atom stereocenters. The van der Waals surface area contributed by atoms with Crippen molar-refractivity contribution in [1.29, 1.82) is 0 Å². The number of hydrogen-bond donors (Lipinski definition) is 1. The van der Waals surface area contributed by atoms with Gasteiger partial charge < -0.3 is 9.88 Å². The first kappa shape index (κ1) is 11.8. The smallest absolute Gasteiger partial charge is 0.132 e. The van der Waals surface area contributed by atoms with Gasteiger partial charge in [-0.05, 0) is 32.5 Å². The summed E-state index contributed by atoms with van der Waals surface area (Å²) in [6.45, 7) is 5.11. The fraction of sp³-hybridized carbons (Fsp3) is 0.385. The third-order valence-corrected chi connectivity index (χ3v) is 2.96. The molecule has 0 radical (unpaired) electrons. The van der Waals surface area contributed by atoms with E-state index in [0.717, 1.165) is 18.1 Å². The highest BCUT2D eigenvalue weighted by molar-refractivity contribution is 5.26. The molecule has 0 spiro atoms. The number of pyridine rings is 1. The second kappa shape index (κ2) is 5.10. The number of aryl methyl sites for hydroxylation is 2. The quantitative estimate of drug-likeness (QED) is 0.872. The zero-order valence-electron chi connectivity index (χ0n) is 10.5. The molecule has 0 aliphatic heterocycles. The highest BCUT2D eigenvalue weighted by Crippen LogP contribution is 2.21. The highest BCUT2D eigenvalue weighted by atomic mass is 15.1. The molecule has 2 rings (SSSR count). The number of nitrogens with one attached hydrogen (secondary N) is 1. The first-order valence-corrected chi connectivity index (χ1v) is 5.87. The Morgan fingerprint density at radius 2 is 2.18 bits per heavy atom. The minimum absolute atomic E-state index is 0.0474. The number of imidazole rings is 1. The fourth-order valence-corrected chi connectivity index (χ4v) is 2.04. The van der Waals surface area contributed by atoms with Gasteiger partial charge in [-0.25, -0.2) is 4.98 Å². The van der Waals surface area contributed by atoms with Gasteiger partial charge in [-0.3, -0.25) is 4.98 Å². The minimum Gasteiger partial charge on any atom is -0.334 e. The normalized spacial score (nSPS) is 12.6. The van der Waals surface area contributed by atoms with Gasteiger partial charge in [0.15, 0.2) is 0 Å². The first-order valence-electron chi connectivity index (χ1n) is 5.87. The molecule has 2 aromatic heterocycles. The predicted octanol–water partition coefficient (Wildman–Crippen LogP) is 1.92. The maximum absolute atomic E-state index is 4.46. The van der Waals surface area contributed by atoms with Crippen molar-refractivity contribution >= 4 is 0 Å². The molecule has 2 aromatic rings. The van der Waals surface area contributed by atoms with Crippen LogP contribution >= 0.6 is 0 Å². The summed E-state index contributed by atoms with van der Waals surface area (Å²) >= 11 is 0. The largest absolute Gasteiger partial charge is 0.334 e. The van der Waals surface area contributed by atoms with Crippen LogP contribution in [-0.4, -0.2) is 21.6 Å². The molecule has 0 aliphatic rings. The molecule has 17 heavy (non-hydrogen) atoms. The Morgan fingerprint density at radius 3 is 2.82 bits per heavy atom. The van der Waals surface area contributed by atoms with E-state index in [1.54, 1.807) is 0 Å². The Balaban J connectivity index is 2.44. The van der Waals surface area contributed by atoms with Crippen LogP contribution in [0.5, 0.6) is 0 Å². The number of aromatic nitrogens is 3. The molecule has 0 saturated heterocycles. The summed E-state index contributed by atoms with van der Waals surface area (Å²) < 4.78 is 2.13. The molecule has 0 aliphatic carbocycles. The number of hydrogen-bond acceptors (Lipinski definition) is 3. The molecule has 4 nitrogen and oxygen atoms in total. The summed E-state index contributed by atoms with van der Waals surface area (Å²) in [6, 6.07) is 4.08. The zero-order valence-corrected chi connectivity index (χ0v) is 10.5. The molecular formula is C13H18N4. The Bertz CT molecular complexity index is 490. The number of nitrogens with zero attached hydrogens (tertiary/aromatic N) is 3. The van der Waals surface area contributed by atoms with E-state index in [4.69, 9.17) is 0 Å². The Labute approximate surface area is 102 Å². The van der Waals surface area contributed by atoms with Crippen molar-refractivity contribution in [2.75, 3.05) is 7.05 Å². The van der Waals surface area contributed by atoms with Gasteiger partial charge in [-0.2, -0.15) is 0 Å². The van der Waals surface area contributed by atoms with Gasteiger partial charge >= 0.3 is 0 Å². The van der Waals surface area contributed by atoms with Crippen molar-refractivity contribution in [2.45, 2.75) is 26.4 Å². The summed E-state index contributed by atoms with van der Waals surface area (Å²) in [7, 11) is 1.94. The molecule has 4 heteroatoms. The summed E-state index contributed by atoms with van der Waals surface area (Å²) in [5.41, 5.74) is 2.22. The molecule has 0 saturated carbocycles. The van der Waals surface area contributed by atoms with Crippen molar-refractivity contribution < 1.29 is 0 Å². The van der Waals surface area contributed by atoms with Gasteiger partial charge in [0.1, 0.15) is 11.9 Å². The van der Waals surface area contributed by atoms with Gasteiger partial charge in [0.25, 0.3) is 0 Å². The van der Waals surface area contributed by atoms with E-state index < -0.39 is 0 Å². The van der Waals surface area contributed by atoms with Gasteiger partial charge in [-0.15, -0.1) is 0 Å². The Morgan fingerprint density at radius 1 is 1.35 bits per heavy atom. The van der Waals surface area contributed by atoms with Crippen LogP contribution in [0.3, 0.4) is 0 Å². The third-order valence-electron chi connectivity index (χ3n) is 2.96. The molecule has 2 heterocycles. The lowest BCUT2D eigenvalue weighted by molar-refractivity contribution is 0.576. The van der Waals surface area contributed by atoms with Gasteiger partial charge in [0, 0.05) is 25.1 Å².